The van der Waals surface area contributed by atoms with Crippen LogP contribution in [-0.4, -0.2) is 25.1 Å². The van der Waals surface area contributed by atoms with E-state index in [1.165, 1.54) is 0 Å². The Morgan fingerprint density at radius 2 is 1.94 bits per heavy atom. The lowest BCUT2D eigenvalue weighted by atomic mass is 10.0. The van der Waals surface area contributed by atoms with Crippen molar-refractivity contribution >= 4 is 34.3 Å². The third kappa shape index (κ3) is 4.49. The van der Waals surface area contributed by atoms with Gasteiger partial charge in [0.25, 0.3) is 0 Å². The molecule has 0 atom stereocenters. The minimum Gasteiger partial charge on any atom is -0.358 e. The summed E-state index contributed by atoms with van der Waals surface area (Å²) in [5, 5.41) is 14.1. The van der Waals surface area contributed by atoms with Gasteiger partial charge in [-0.1, -0.05) is 44.4 Å². The van der Waals surface area contributed by atoms with Crippen molar-refractivity contribution in [3.8, 4) is 22.5 Å². The largest absolute Gasteiger partial charge is 0.358 e. The summed E-state index contributed by atoms with van der Waals surface area (Å²) in [6.45, 7) is 12.4. The molecule has 5 rings (SSSR count). The molecule has 0 aliphatic rings. The standard InChI is InChI=1S/C30H28N6/c1-5-20(4)33-23-14-22(17-32-18-23)19(3)13-26-27(6-2)35-36-30(26)29-15-25-24(10-7-11-28(25)34-29)21-9-8-12-31-16-21/h6-18,33-35H,3-5H2,1-2H3/b26-13+,27-6+. The number of nitrogens with one attached hydrogen (secondary N) is 3. The van der Waals surface area contributed by atoms with Crippen LogP contribution in [0.15, 0.2) is 86.1 Å². The van der Waals surface area contributed by atoms with Crippen molar-refractivity contribution in [2.75, 3.05) is 5.32 Å². The average molecular weight is 473 g/mol. The number of aromatic amines is 2. The maximum atomic E-state index is 4.66. The molecule has 0 bridgehead atoms. The molecule has 4 heterocycles. The topological polar surface area (TPSA) is 82.3 Å². The maximum absolute atomic E-state index is 4.66. The van der Waals surface area contributed by atoms with Crippen LogP contribution in [0.5, 0.6) is 0 Å². The summed E-state index contributed by atoms with van der Waals surface area (Å²) < 4.78 is 0. The van der Waals surface area contributed by atoms with E-state index >= 15 is 0 Å². The van der Waals surface area contributed by atoms with Gasteiger partial charge in [0.15, 0.2) is 0 Å². The third-order valence-electron chi connectivity index (χ3n) is 6.19. The van der Waals surface area contributed by atoms with Crippen LogP contribution in [0, 0.1) is 0 Å². The van der Waals surface area contributed by atoms with Gasteiger partial charge in [-0.25, -0.2) is 0 Å². The fourth-order valence-corrected chi connectivity index (χ4v) is 4.23. The molecule has 0 unspecified atom stereocenters. The fourth-order valence-electron chi connectivity index (χ4n) is 4.23. The Bertz CT molecular complexity index is 1690. The highest BCUT2D eigenvalue weighted by molar-refractivity contribution is 5.98. The number of H-pyrrole nitrogens is 2. The molecular weight excluding hydrogens is 444 g/mol. The van der Waals surface area contributed by atoms with Crippen molar-refractivity contribution in [1.82, 2.24) is 25.1 Å². The molecule has 0 saturated carbocycles. The number of benzene rings is 1. The van der Waals surface area contributed by atoms with E-state index in [1.807, 2.05) is 37.5 Å². The van der Waals surface area contributed by atoms with Crippen molar-refractivity contribution in [2.24, 2.45) is 0 Å². The van der Waals surface area contributed by atoms with Gasteiger partial charge < -0.3 is 10.3 Å². The summed E-state index contributed by atoms with van der Waals surface area (Å²) >= 11 is 0. The summed E-state index contributed by atoms with van der Waals surface area (Å²) in [7, 11) is 0. The van der Waals surface area contributed by atoms with E-state index in [4.69, 9.17) is 0 Å². The Labute approximate surface area is 209 Å². The first kappa shape index (κ1) is 23.1. The van der Waals surface area contributed by atoms with Crippen LogP contribution in [0.3, 0.4) is 0 Å². The Morgan fingerprint density at radius 3 is 2.72 bits per heavy atom. The predicted octanol–water partition coefficient (Wildman–Crippen LogP) is 5.64. The van der Waals surface area contributed by atoms with E-state index in [2.05, 4.69) is 87.0 Å². The fraction of sp³-hybridized carbons (Fsp3) is 0.100. The lowest BCUT2D eigenvalue weighted by molar-refractivity contribution is 1.06. The maximum Gasteiger partial charge on any atom is 0.116 e. The highest BCUT2D eigenvalue weighted by Gasteiger charge is 2.13. The molecule has 5 aromatic rings. The van der Waals surface area contributed by atoms with Crippen molar-refractivity contribution < 1.29 is 0 Å². The number of allylic oxidation sites excluding steroid dienone is 2. The van der Waals surface area contributed by atoms with Crippen molar-refractivity contribution in [2.45, 2.75) is 20.3 Å². The first-order chi connectivity index (χ1) is 17.6. The van der Waals surface area contributed by atoms with Crippen LogP contribution in [0.25, 0.3) is 51.1 Å². The number of hydrogen-bond acceptors (Lipinski definition) is 4. The van der Waals surface area contributed by atoms with Gasteiger partial charge in [-0.2, -0.15) is 5.10 Å². The molecule has 0 fully saturated rings. The molecule has 0 radical (unpaired) electrons. The number of rotatable bonds is 7. The molecule has 36 heavy (non-hydrogen) atoms. The summed E-state index contributed by atoms with van der Waals surface area (Å²) in [5.74, 6) is 0. The molecule has 178 valence electrons. The van der Waals surface area contributed by atoms with Crippen molar-refractivity contribution in [1.29, 1.82) is 0 Å². The number of pyridine rings is 2. The number of hydrogen-bond donors (Lipinski definition) is 3. The van der Waals surface area contributed by atoms with Gasteiger partial charge in [-0.05, 0) is 54.8 Å². The van der Waals surface area contributed by atoms with Crippen molar-refractivity contribution in [3.05, 3.63) is 102 Å². The molecule has 4 aromatic heterocycles. The van der Waals surface area contributed by atoms with Crippen LogP contribution >= 0.6 is 0 Å². The number of aromatic nitrogens is 5. The third-order valence-corrected chi connectivity index (χ3v) is 6.19. The van der Waals surface area contributed by atoms with Gasteiger partial charge in [0.1, 0.15) is 5.69 Å². The van der Waals surface area contributed by atoms with Gasteiger partial charge in [0, 0.05) is 51.5 Å². The molecule has 6 heteroatoms. The first-order valence-electron chi connectivity index (χ1n) is 11.9. The van der Waals surface area contributed by atoms with Crippen LogP contribution in [0.2, 0.25) is 0 Å². The lowest BCUT2D eigenvalue weighted by Gasteiger charge is -2.08. The van der Waals surface area contributed by atoms with E-state index in [0.717, 1.165) is 72.9 Å². The number of nitrogens with zero attached hydrogens (tertiary/aromatic N) is 3. The van der Waals surface area contributed by atoms with E-state index < -0.39 is 0 Å². The van der Waals surface area contributed by atoms with E-state index in [9.17, 15) is 0 Å². The monoisotopic (exact) mass is 472 g/mol. The van der Waals surface area contributed by atoms with Gasteiger partial charge >= 0.3 is 0 Å². The summed E-state index contributed by atoms with van der Waals surface area (Å²) in [6, 6.07) is 14.5. The highest BCUT2D eigenvalue weighted by Crippen LogP contribution is 2.30. The molecular formula is C30H28N6. The van der Waals surface area contributed by atoms with Crippen LogP contribution in [0.4, 0.5) is 5.69 Å². The molecule has 6 nitrogen and oxygen atoms in total. The smallest absolute Gasteiger partial charge is 0.116 e. The zero-order valence-corrected chi connectivity index (χ0v) is 20.5. The number of anilines is 1. The lowest BCUT2D eigenvalue weighted by Crippen LogP contribution is -2.23. The SMILES string of the molecule is C=C(CC)Nc1cncc(C(=C)/C=c2/c(-c3cc4c(-c5cccnc5)cccc4[nH]3)n[nH]/c2=C/C)c1. The first-order valence-corrected chi connectivity index (χ1v) is 11.9. The van der Waals surface area contributed by atoms with E-state index in [-0.39, 0.29) is 0 Å². The van der Waals surface area contributed by atoms with Crippen molar-refractivity contribution in [3.63, 3.8) is 0 Å². The zero-order valence-electron chi connectivity index (χ0n) is 20.5. The average Bonchev–Trinajstić information content (AvgIpc) is 3.52. The Hall–Kier alpha value is -4.71. The van der Waals surface area contributed by atoms with Crippen LogP contribution in [0.1, 0.15) is 25.8 Å². The summed E-state index contributed by atoms with van der Waals surface area (Å²) in [6.07, 6.45) is 12.2. The zero-order chi connectivity index (χ0) is 25.1. The normalized spacial score (nSPS) is 12.3. The quantitative estimate of drug-likeness (QED) is 0.286. The molecule has 1 aromatic carbocycles. The van der Waals surface area contributed by atoms with Crippen LogP contribution in [-0.2, 0) is 0 Å². The molecule has 3 N–H and O–H groups in total. The van der Waals surface area contributed by atoms with Gasteiger partial charge in [-0.15, -0.1) is 0 Å². The number of fused-ring (bicyclic) bond motifs is 1. The Kier molecular flexibility index (Phi) is 6.33. The molecule has 0 amide bonds. The highest BCUT2D eigenvalue weighted by atomic mass is 15.1. The van der Waals surface area contributed by atoms with E-state index in [0.29, 0.717) is 0 Å². The summed E-state index contributed by atoms with van der Waals surface area (Å²) in [5.41, 5.74) is 8.59. The summed E-state index contributed by atoms with van der Waals surface area (Å²) in [4.78, 5) is 12.2. The van der Waals surface area contributed by atoms with Gasteiger partial charge in [-0.3, -0.25) is 15.1 Å². The Morgan fingerprint density at radius 1 is 1.06 bits per heavy atom. The van der Waals surface area contributed by atoms with Gasteiger partial charge in [0.05, 0.1) is 22.9 Å². The second-order valence-corrected chi connectivity index (χ2v) is 8.59. The molecule has 0 aliphatic carbocycles. The van der Waals surface area contributed by atoms with Crippen LogP contribution < -0.4 is 15.9 Å². The Balaban J connectivity index is 1.59. The second-order valence-electron chi connectivity index (χ2n) is 8.59. The molecule has 0 aliphatic heterocycles. The molecule has 0 spiro atoms. The van der Waals surface area contributed by atoms with Gasteiger partial charge in [0.2, 0.25) is 0 Å². The molecule has 0 saturated heterocycles. The van der Waals surface area contributed by atoms with E-state index in [1.54, 1.807) is 12.4 Å². The minimum atomic E-state index is 0.833. The second kappa shape index (κ2) is 9.88. The minimum absolute atomic E-state index is 0.833. The predicted molar refractivity (Wildman–Crippen MR) is 149 cm³/mol.